The average Bonchev–Trinajstić information content (AvgIpc) is 3.11. The van der Waals surface area contributed by atoms with Gasteiger partial charge in [0.2, 0.25) is 0 Å². The summed E-state index contributed by atoms with van der Waals surface area (Å²) < 4.78 is 5.40. The molecular weight excluding hydrogens is 412 g/mol. The molecule has 0 fully saturated rings. The Balaban J connectivity index is 1.82. The Hall–Kier alpha value is -3.13. The first-order valence-electron chi connectivity index (χ1n) is 9.99. The molecule has 0 amide bonds. The summed E-state index contributed by atoms with van der Waals surface area (Å²) in [6.07, 6.45) is 2.64. The Kier molecular flexibility index (Phi) is 6.80. The quantitative estimate of drug-likeness (QED) is 0.395. The second kappa shape index (κ2) is 9.34. The number of rotatable bonds is 7. The van der Waals surface area contributed by atoms with E-state index >= 15 is 0 Å². The van der Waals surface area contributed by atoms with E-state index in [0.29, 0.717) is 32.9 Å². The lowest BCUT2D eigenvalue weighted by atomic mass is 10.1. The van der Waals surface area contributed by atoms with Gasteiger partial charge in [0.25, 0.3) is 0 Å². The van der Waals surface area contributed by atoms with Crippen LogP contribution >= 0.6 is 11.3 Å². The molecule has 1 unspecified atom stereocenters. The van der Waals surface area contributed by atoms with Gasteiger partial charge in [-0.2, -0.15) is 0 Å². The van der Waals surface area contributed by atoms with Crippen molar-refractivity contribution in [3.8, 4) is 10.6 Å². The molecule has 0 aliphatic rings. The molecule has 3 aromatic heterocycles. The van der Waals surface area contributed by atoms with Gasteiger partial charge >= 0.3 is 5.97 Å². The van der Waals surface area contributed by atoms with Crippen molar-refractivity contribution >= 4 is 35.2 Å². The van der Waals surface area contributed by atoms with Crippen LogP contribution in [-0.4, -0.2) is 32.8 Å². The fourth-order valence-electron chi connectivity index (χ4n) is 2.91. The topological polar surface area (TPSA) is 94.1 Å². The van der Waals surface area contributed by atoms with E-state index in [2.05, 4.69) is 20.3 Å². The van der Waals surface area contributed by atoms with Crippen molar-refractivity contribution in [1.82, 2.24) is 15.0 Å². The van der Waals surface area contributed by atoms with Crippen LogP contribution in [0.1, 0.15) is 61.1 Å². The van der Waals surface area contributed by atoms with Crippen LogP contribution in [0.4, 0.5) is 11.6 Å². The van der Waals surface area contributed by atoms with Crippen LogP contribution in [0.25, 0.3) is 10.6 Å². The highest BCUT2D eigenvalue weighted by molar-refractivity contribution is 7.15. The smallest absolute Gasteiger partial charge is 0.307 e. The number of anilines is 2. The van der Waals surface area contributed by atoms with E-state index in [0.717, 1.165) is 11.8 Å². The van der Waals surface area contributed by atoms with Crippen molar-refractivity contribution in [3.63, 3.8) is 0 Å². The number of pyridine rings is 2. The number of hydrogen-bond acceptors (Lipinski definition) is 8. The summed E-state index contributed by atoms with van der Waals surface area (Å²) in [6, 6.07) is 9.37. The van der Waals surface area contributed by atoms with Gasteiger partial charge in [-0.15, -0.1) is 11.3 Å². The third-order valence-corrected chi connectivity index (χ3v) is 5.57. The Morgan fingerprint density at radius 3 is 2.68 bits per heavy atom. The molecule has 162 valence electrons. The monoisotopic (exact) mass is 438 g/mol. The van der Waals surface area contributed by atoms with Crippen LogP contribution < -0.4 is 5.32 Å². The summed E-state index contributed by atoms with van der Waals surface area (Å²) in [4.78, 5) is 37.9. The fraction of sp³-hybridized carbons (Fsp3) is 0.348. The minimum Gasteiger partial charge on any atom is -0.460 e. The Morgan fingerprint density at radius 2 is 2.00 bits per heavy atom. The van der Waals surface area contributed by atoms with Gasteiger partial charge in [-0.3, -0.25) is 9.59 Å². The molecule has 31 heavy (non-hydrogen) atoms. The standard InChI is InChI=1S/C23H26N4O3S/c1-14-9-10-24-19(11-14)27-18-8-6-7-16(25-18)21-17(13-28)26-22(31-21)15(2)12-20(29)30-23(3,4)5/h6-11,13,15H,12H2,1-5H3,(H,24,25,27). The minimum atomic E-state index is -0.539. The number of hydrogen-bond donors (Lipinski definition) is 1. The molecule has 0 bridgehead atoms. The predicted octanol–water partition coefficient (Wildman–Crippen LogP) is 5.30. The lowest BCUT2D eigenvalue weighted by molar-refractivity contribution is -0.155. The number of esters is 1. The zero-order valence-electron chi connectivity index (χ0n) is 18.3. The molecule has 0 aliphatic heterocycles. The number of aldehydes is 1. The van der Waals surface area contributed by atoms with E-state index in [9.17, 15) is 9.59 Å². The SMILES string of the molecule is Cc1ccnc(Nc2cccc(-c3sc(C(C)CC(=O)OC(C)(C)C)nc3C=O)n2)c1. The summed E-state index contributed by atoms with van der Waals surface area (Å²) in [5, 5.41) is 3.88. The maximum absolute atomic E-state index is 12.2. The van der Waals surface area contributed by atoms with Gasteiger partial charge in [-0.1, -0.05) is 13.0 Å². The summed E-state index contributed by atoms with van der Waals surface area (Å²) in [5.41, 5.74) is 1.49. The van der Waals surface area contributed by atoms with E-state index in [1.54, 1.807) is 6.20 Å². The van der Waals surface area contributed by atoms with Crippen molar-refractivity contribution in [3.05, 3.63) is 52.8 Å². The summed E-state index contributed by atoms with van der Waals surface area (Å²) >= 11 is 1.37. The van der Waals surface area contributed by atoms with E-state index < -0.39 is 5.60 Å². The van der Waals surface area contributed by atoms with E-state index in [1.165, 1.54) is 11.3 Å². The van der Waals surface area contributed by atoms with Gasteiger partial charge in [0.15, 0.2) is 6.29 Å². The number of aromatic nitrogens is 3. The Bertz CT molecular complexity index is 1090. The molecule has 8 heteroatoms. The van der Waals surface area contributed by atoms with Crippen molar-refractivity contribution in [2.45, 2.75) is 52.6 Å². The van der Waals surface area contributed by atoms with Gasteiger partial charge < -0.3 is 10.1 Å². The second-order valence-electron chi connectivity index (χ2n) is 8.33. The number of carbonyl (C=O) groups is 2. The molecule has 1 N–H and O–H groups in total. The van der Waals surface area contributed by atoms with Gasteiger partial charge in [0.1, 0.15) is 22.9 Å². The zero-order chi connectivity index (χ0) is 22.6. The lowest BCUT2D eigenvalue weighted by Gasteiger charge is -2.20. The predicted molar refractivity (Wildman–Crippen MR) is 122 cm³/mol. The van der Waals surface area contributed by atoms with Crippen LogP contribution in [0.5, 0.6) is 0 Å². The number of ether oxygens (including phenoxy) is 1. The molecule has 3 heterocycles. The van der Waals surface area contributed by atoms with Crippen LogP contribution in [0.2, 0.25) is 0 Å². The molecular formula is C23H26N4O3S. The van der Waals surface area contributed by atoms with Gasteiger partial charge in [0.05, 0.1) is 22.0 Å². The molecule has 0 radical (unpaired) electrons. The fourth-order valence-corrected chi connectivity index (χ4v) is 3.96. The van der Waals surface area contributed by atoms with Crippen LogP contribution in [0.3, 0.4) is 0 Å². The van der Waals surface area contributed by atoms with E-state index in [1.807, 2.05) is 65.0 Å². The Labute approximate surface area is 185 Å². The maximum atomic E-state index is 12.2. The summed E-state index contributed by atoms with van der Waals surface area (Å²) in [7, 11) is 0. The summed E-state index contributed by atoms with van der Waals surface area (Å²) in [6.45, 7) is 9.39. The third kappa shape index (κ3) is 6.18. The minimum absolute atomic E-state index is 0.176. The highest BCUT2D eigenvalue weighted by Crippen LogP contribution is 2.34. The van der Waals surface area contributed by atoms with Crippen molar-refractivity contribution in [2.24, 2.45) is 0 Å². The van der Waals surface area contributed by atoms with E-state index in [4.69, 9.17) is 4.74 Å². The number of thiazole rings is 1. The second-order valence-corrected chi connectivity index (χ2v) is 9.36. The molecule has 0 saturated carbocycles. The first-order chi connectivity index (χ1) is 14.6. The largest absolute Gasteiger partial charge is 0.460 e. The molecule has 7 nitrogen and oxygen atoms in total. The van der Waals surface area contributed by atoms with E-state index in [-0.39, 0.29) is 18.3 Å². The molecule has 0 aliphatic carbocycles. The van der Waals surface area contributed by atoms with Crippen LogP contribution in [0.15, 0.2) is 36.5 Å². The molecule has 0 saturated heterocycles. The first kappa shape index (κ1) is 22.6. The van der Waals surface area contributed by atoms with Gasteiger partial charge in [0, 0.05) is 12.1 Å². The number of nitrogens with one attached hydrogen (secondary N) is 1. The van der Waals surface area contributed by atoms with Gasteiger partial charge in [-0.05, 0) is 57.5 Å². The highest BCUT2D eigenvalue weighted by Gasteiger charge is 2.23. The van der Waals surface area contributed by atoms with Crippen LogP contribution in [-0.2, 0) is 9.53 Å². The number of carbonyl (C=O) groups excluding carboxylic acids is 2. The molecule has 3 rings (SSSR count). The van der Waals surface area contributed by atoms with Crippen molar-refractivity contribution in [2.75, 3.05) is 5.32 Å². The Morgan fingerprint density at radius 1 is 1.23 bits per heavy atom. The van der Waals surface area contributed by atoms with Crippen LogP contribution in [0, 0.1) is 6.92 Å². The number of nitrogens with zero attached hydrogens (tertiary/aromatic N) is 3. The van der Waals surface area contributed by atoms with Crippen molar-refractivity contribution in [1.29, 1.82) is 0 Å². The maximum Gasteiger partial charge on any atom is 0.307 e. The van der Waals surface area contributed by atoms with Crippen molar-refractivity contribution < 1.29 is 14.3 Å². The molecule has 3 aromatic rings. The molecule has 0 spiro atoms. The molecule has 0 aromatic carbocycles. The number of aryl methyl sites for hydroxylation is 1. The average molecular weight is 439 g/mol. The lowest BCUT2D eigenvalue weighted by Crippen LogP contribution is -2.24. The molecule has 1 atom stereocenters. The third-order valence-electron chi connectivity index (χ3n) is 4.25. The summed E-state index contributed by atoms with van der Waals surface area (Å²) in [5.74, 6) is 0.838. The normalized spacial score (nSPS) is 12.3. The zero-order valence-corrected chi connectivity index (χ0v) is 19.1. The highest BCUT2D eigenvalue weighted by atomic mass is 32.1. The first-order valence-corrected chi connectivity index (χ1v) is 10.8. The van der Waals surface area contributed by atoms with Gasteiger partial charge in [-0.25, -0.2) is 15.0 Å².